The van der Waals surface area contributed by atoms with E-state index in [1.807, 2.05) is 19.2 Å². The quantitative estimate of drug-likeness (QED) is 0.592. The van der Waals surface area contributed by atoms with E-state index in [4.69, 9.17) is 4.98 Å². The summed E-state index contributed by atoms with van der Waals surface area (Å²) in [6, 6.07) is 18.7. The highest BCUT2D eigenvalue weighted by Gasteiger charge is 2.10. The molecule has 4 rings (SSSR count). The lowest BCUT2D eigenvalue weighted by molar-refractivity contribution is 1.20. The summed E-state index contributed by atoms with van der Waals surface area (Å²) in [4.78, 5) is 13.6. The molecule has 4 aromatic rings. The molecule has 0 saturated carbocycles. The monoisotopic (exact) mass is 326 g/mol. The summed E-state index contributed by atoms with van der Waals surface area (Å²) in [6.07, 6.45) is 3.53. The Kier molecular flexibility index (Phi) is 3.86. The topological polar surface area (TPSA) is 50.7 Å². The highest BCUT2D eigenvalue weighted by atomic mass is 15.0. The normalized spacial score (nSPS) is 10.8. The van der Waals surface area contributed by atoms with Crippen molar-refractivity contribution in [2.75, 3.05) is 12.4 Å². The van der Waals surface area contributed by atoms with Gasteiger partial charge in [-0.05, 0) is 42.3 Å². The third kappa shape index (κ3) is 2.94. The summed E-state index contributed by atoms with van der Waals surface area (Å²) in [7, 11) is 1.88. The van der Waals surface area contributed by atoms with Crippen molar-refractivity contribution in [1.82, 2.24) is 15.0 Å². The van der Waals surface area contributed by atoms with Crippen molar-refractivity contribution >= 4 is 16.7 Å². The molecule has 4 heteroatoms. The number of hydrogen-bond donors (Lipinski definition) is 1. The number of nitrogens with one attached hydrogen (secondary N) is 1. The largest absolute Gasteiger partial charge is 0.373 e. The van der Waals surface area contributed by atoms with Crippen molar-refractivity contribution < 1.29 is 0 Å². The Hall–Kier alpha value is -3.27. The van der Waals surface area contributed by atoms with E-state index in [2.05, 4.69) is 64.7 Å². The fourth-order valence-corrected chi connectivity index (χ4v) is 2.95. The summed E-state index contributed by atoms with van der Waals surface area (Å²) in [5.74, 6) is 1.49. The lowest BCUT2D eigenvalue weighted by Gasteiger charge is -2.10. The first-order valence-electron chi connectivity index (χ1n) is 8.21. The van der Waals surface area contributed by atoms with Gasteiger partial charge >= 0.3 is 0 Å². The van der Waals surface area contributed by atoms with E-state index in [1.165, 1.54) is 11.1 Å². The maximum Gasteiger partial charge on any atom is 0.163 e. The number of nitrogens with zero attached hydrogens (tertiary/aromatic N) is 3. The highest BCUT2D eigenvalue weighted by molar-refractivity contribution is 5.93. The molecule has 0 aliphatic carbocycles. The molecule has 1 N–H and O–H groups in total. The molecule has 25 heavy (non-hydrogen) atoms. The van der Waals surface area contributed by atoms with Gasteiger partial charge in [-0.2, -0.15) is 0 Å². The zero-order valence-electron chi connectivity index (χ0n) is 14.2. The number of rotatable bonds is 3. The lowest BCUT2D eigenvalue weighted by Crippen LogP contribution is -1.99. The number of aromatic nitrogens is 3. The molecule has 0 saturated heterocycles. The second kappa shape index (κ2) is 6.32. The molecule has 0 aliphatic rings. The van der Waals surface area contributed by atoms with Crippen LogP contribution in [0.2, 0.25) is 0 Å². The van der Waals surface area contributed by atoms with Crippen molar-refractivity contribution in [1.29, 1.82) is 0 Å². The summed E-state index contributed by atoms with van der Waals surface area (Å²) >= 11 is 0. The molecule has 0 fully saturated rings. The number of aryl methyl sites for hydroxylation is 1. The predicted molar refractivity (Wildman–Crippen MR) is 102 cm³/mol. The maximum absolute atomic E-state index is 4.72. The van der Waals surface area contributed by atoms with Gasteiger partial charge in [0.25, 0.3) is 0 Å². The highest BCUT2D eigenvalue weighted by Crippen LogP contribution is 2.29. The zero-order chi connectivity index (χ0) is 17.2. The van der Waals surface area contributed by atoms with E-state index in [9.17, 15) is 0 Å². The van der Waals surface area contributed by atoms with Gasteiger partial charge in [0.15, 0.2) is 5.82 Å². The van der Waals surface area contributed by atoms with Gasteiger partial charge in [-0.3, -0.25) is 4.98 Å². The molecule has 0 spiro atoms. The van der Waals surface area contributed by atoms with E-state index >= 15 is 0 Å². The van der Waals surface area contributed by atoms with Crippen LogP contribution in [-0.2, 0) is 0 Å². The number of fused-ring (bicyclic) bond motifs is 1. The van der Waals surface area contributed by atoms with Crippen molar-refractivity contribution in [3.05, 3.63) is 72.6 Å². The molecule has 2 heterocycles. The van der Waals surface area contributed by atoms with Crippen LogP contribution in [0.15, 0.2) is 67.0 Å². The van der Waals surface area contributed by atoms with Gasteiger partial charge in [-0.15, -0.1) is 0 Å². The van der Waals surface area contributed by atoms with Gasteiger partial charge in [0.1, 0.15) is 5.82 Å². The first-order chi connectivity index (χ1) is 12.2. The lowest BCUT2D eigenvalue weighted by atomic mass is 10.0. The van der Waals surface area contributed by atoms with E-state index in [0.29, 0.717) is 5.82 Å². The summed E-state index contributed by atoms with van der Waals surface area (Å²) in [5, 5.41) is 4.21. The van der Waals surface area contributed by atoms with E-state index in [0.717, 1.165) is 27.8 Å². The van der Waals surface area contributed by atoms with Gasteiger partial charge < -0.3 is 5.32 Å². The molecule has 0 atom stereocenters. The molecule has 122 valence electrons. The molecule has 0 unspecified atom stereocenters. The van der Waals surface area contributed by atoms with Gasteiger partial charge in [0, 0.05) is 30.4 Å². The average molecular weight is 326 g/mol. The third-order valence-corrected chi connectivity index (χ3v) is 4.20. The van der Waals surface area contributed by atoms with Crippen LogP contribution in [0, 0.1) is 6.92 Å². The average Bonchev–Trinajstić information content (AvgIpc) is 2.67. The predicted octanol–water partition coefficient (Wildman–Crippen LogP) is 4.71. The van der Waals surface area contributed by atoms with Gasteiger partial charge in [-0.1, -0.05) is 35.9 Å². The Balaban J connectivity index is 1.88. The Labute approximate surface area is 146 Å². The smallest absolute Gasteiger partial charge is 0.163 e. The summed E-state index contributed by atoms with van der Waals surface area (Å²) < 4.78 is 0. The van der Waals surface area contributed by atoms with Crippen LogP contribution in [0.5, 0.6) is 0 Å². The van der Waals surface area contributed by atoms with Crippen molar-refractivity contribution in [2.24, 2.45) is 0 Å². The molecular formula is C21H18N4. The zero-order valence-corrected chi connectivity index (χ0v) is 14.2. The molecule has 2 aromatic heterocycles. The van der Waals surface area contributed by atoms with Crippen LogP contribution in [-0.4, -0.2) is 22.0 Å². The minimum atomic E-state index is 0.674. The van der Waals surface area contributed by atoms with Crippen LogP contribution in [0.3, 0.4) is 0 Å². The van der Waals surface area contributed by atoms with E-state index < -0.39 is 0 Å². The second-order valence-electron chi connectivity index (χ2n) is 5.99. The minimum Gasteiger partial charge on any atom is -0.373 e. The standard InChI is InChI=1S/C21H18N4/c1-14-5-3-6-15(11-14)16-8-9-19-18(12-16)21(22-2)25-20(24-19)17-7-4-10-23-13-17/h3-13H,1-2H3,(H,22,24,25). The molecule has 0 aliphatic heterocycles. The van der Waals surface area contributed by atoms with Crippen molar-refractivity contribution in [2.45, 2.75) is 6.92 Å². The Bertz CT molecular complexity index is 1040. The van der Waals surface area contributed by atoms with Gasteiger partial charge in [0.2, 0.25) is 0 Å². The van der Waals surface area contributed by atoms with Crippen LogP contribution in [0.4, 0.5) is 5.82 Å². The molecular weight excluding hydrogens is 308 g/mol. The fourth-order valence-electron chi connectivity index (χ4n) is 2.95. The van der Waals surface area contributed by atoms with Crippen molar-refractivity contribution in [3.63, 3.8) is 0 Å². The molecule has 0 amide bonds. The number of hydrogen-bond acceptors (Lipinski definition) is 4. The number of anilines is 1. The Morgan fingerprint density at radius 1 is 0.840 bits per heavy atom. The number of pyridine rings is 1. The van der Waals surface area contributed by atoms with Crippen LogP contribution >= 0.6 is 0 Å². The summed E-state index contributed by atoms with van der Waals surface area (Å²) in [5.41, 5.74) is 5.42. The van der Waals surface area contributed by atoms with Crippen LogP contribution in [0.25, 0.3) is 33.4 Å². The SMILES string of the molecule is CNc1nc(-c2cccnc2)nc2ccc(-c3cccc(C)c3)cc12. The van der Waals surface area contributed by atoms with Gasteiger partial charge in [0.05, 0.1) is 5.52 Å². The molecule has 0 bridgehead atoms. The number of benzene rings is 2. The van der Waals surface area contributed by atoms with E-state index in [-0.39, 0.29) is 0 Å². The molecule has 0 radical (unpaired) electrons. The third-order valence-electron chi connectivity index (χ3n) is 4.20. The van der Waals surface area contributed by atoms with Crippen molar-refractivity contribution in [3.8, 4) is 22.5 Å². The summed E-state index contributed by atoms with van der Waals surface area (Å²) in [6.45, 7) is 2.10. The minimum absolute atomic E-state index is 0.674. The van der Waals surface area contributed by atoms with Crippen LogP contribution in [0.1, 0.15) is 5.56 Å². The second-order valence-corrected chi connectivity index (χ2v) is 5.99. The maximum atomic E-state index is 4.72. The van der Waals surface area contributed by atoms with E-state index in [1.54, 1.807) is 12.4 Å². The Morgan fingerprint density at radius 3 is 2.44 bits per heavy atom. The fraction of sp³-hybridized carbons (Fsp3) is 0.0952. The molecule has 2 aromatic carbocycles. The first kappa shape index (κ1) is 15.3. The first-order valence-corrected chi connectivity index (χ1v) is 8.21. The Morgan fingerprint density at radius 2 is 1.68 bits per heavy atom. The van der Waals surface area contributed by atoms with Gasteiger partial charge in [-0.25, -0.2) is 9.97 Å². The molecule has 4 nitrogen and oxygen atoms in total. The van der Waals surface area contributed by atoms with Crippen LogP contribution < -0.4 is 5.32 Å².